The zero-order valence-corrected chi connectivity index (χ0v) is 12.8. The maximum absolute atomic E-state index is 13.5. The molecule has 7 heteroatoms. The lowest BCUT2D eigenvalue weighted by Crippen LogP contribution is -2.34. The van der Waals surface area contributed by atoms with Crippen LogP contribution in [0, 0.1) is 11.6 Å². The van der Waals surface area contributed by atoms with Crippen molar-refractivity contribution in [2.24, 2.45) is 7.05 Å². The second-order valence-electron chi connectivity index (χ2n) is 5.52. The third-order valence-electron chi connectivity index (χ3n) is 3.95. The van der Waals surface area contributed by atoms with Crippen molar-refractivity contribution < 1.29 is 18.3 Å². The van der Waals surface area contributed by atoms with Crippen molar-refractivity contribution in [3.8, 4) is 5.75 Å². The first-order chi connectivity index (χ1) is 11.0. The number of nitrogens with zero attached hydrogens (tertiary/aromatic N) is 3. The van der Waals surface area contributed by atoms with Gasteiger partial charge in [-0.15, -0.1) is 0 Å². The number of ether oxygens (including phenoxy) is 1. The minimum atomic E-state index is -0.816. The summed E-state index contributed by atoms with van der Waals surface area (Å²) in [5.74, 6) is -1.86. The number of carbonyl (C=O) groups is 1. The predicted octanol–water partition coefficient (Wildman–Crippen LogP) is 2.05. The van der Waals surface area contributed by atoms with Gasteiger partial charge in [0.2, 0.25) is 0 Å². The van der Waals surface area contributed by atoms with Gasteiger partial charge in [-0.25, -0.2) is 8.78 Å². The van der Waals surface area contributed by atoms with Crippen LogP contribution in [0.15, 0.2) is 24.4 Å². The first-order valence-corrected chi connectivity index (χ1v) is 7.40. The highest BCUT2D eigenvalue weighted by Gasteiger charge is 2.21. The molecule has 0 aliphatic carbocycles. The summed E-state index contributed by atoms with van der Waals surface area (Å²) in [5.41, 5.74) is 2.15. The zero-order chi connectivity index (χ0) is 16.4. The van der Waals surface area contributed by atoms with Crippen LogP contribution >= 0.6 is 0 Å². The highest BCUT2D eigenvalue weighted by molar-refractivity contribution is 5.77. The predicted molar refractivity (Wildman–Crippen MR) is 78.8 cm³/mol. The van der Waals surface area contributed by atoms with Crippen LogP contribution in [-0.2, 0) is 24.8 Å². The minimum absolute atomic E-state index is 0.128. The van der Waals surface area contributed by atoms with Gasteiger partial charge in [0.1, 0.15) is 5.82 Å². The molecule has 1 amide bonds. The summed E-state index contributed by atoms with van der Waals surface area (Å²) in [4.78, 5) is 14.0. The largest absolute Gasteiger partial charge is 0.481 e. The van der Waals surface area contributed by atoms with Gasteiger partial charge < -0.3 is 9.64 Å². The average Bonchev–Trinajstić information content (AvgIpc) is 2.74. The number of hydrogen-bond acceptors (Lipinski definition) is 3. The topological polar surface area (TPSA) is 47.4 Å². The van der Waals surface area contributed by atoms with Crippen LogP contribution in [-0.4, -0.2) is 33.7 Å². The van der Waals surface area contributed by atoms with Gasteiger partial charge in [0.25, 0.3) is 5.91 Å². The molecule has 2 heterocycles. The molecule has 0 fully saturated rings. The molecular formula is C16H17F2N3O2. The van der Waals surface area contributed by atoms with Crippen LogP contribution in [0.5, 0.6) is 5.75 Å². The SMILES string of the molecule is Cn1ncc2c1CCCN(C(=O)COc1ccc(F)cc1F)C2. The second-order valence-corrected chi connectivity index (χ2v) is 5.52. The Hall–Kier alpha value is -2.44. The number of halogens is 2. The number of amides is 1. The Bertz CT molecular complexity index is 730. The average molecular weight is 321 g/mol. The first-order valence-electron chi connectivity index (χ1n) is 7.40. The van der Waals surface area contributed by atoms with Gasteiger partial charge >= 0.3 is 0 Å². The van der Waals surface area contributed by atoms with Gasteiger partial charge in [-0.1, -0.05) is 0 Å². The van der Waals surface area contributed by atoms with E-state index in [4.69, 9.17) is 4.74 Å². The Morgan fingerprint density at radius 1 is 1.39 bits per heavy atom. The summed E-state index contributed by atoms with van der Waals surface area (Å²) in [7, 11) is 1.89. The van der Waals surface area contributed by atoms with E-state index in [2.05, 4.69) is 5.10 Å². The summed E-state index contributed by atoms with van der Waals surface area (Å²) in [6.45, 7) is 0.804. The van der Waals surface area contributed by atoms with E-state index in [1.165, 1.54) is 6.07 Å². The molecule has 122 valence electrons. The molecule has 1 aliphatic rings. The molecule has 1 aromatic carbocycles. The van der Waals surface area contributed by atoms with Crippen molar-refractivity contribution in [2.75, 3.05) is 13.2 Å². The quantitative estimate of drug-likeness (QED) is 0.869. The molecule has 1 aromatic heterocycles. The fourth-order valence-electron chi connectivity index (χ4n) is 2.72. The molecule has 0 spiro atoms. The van der Waals surface area contributed by atoms with Gasteiger partial charge in [0.05, 0.1) is 6.20 Å². The molecule has 23 heavy (non-hydrogen) atoms. The smallest absolute Gasteiger partial charge is 0.260 e. The van der Waals surface area contributed by atoms with Crippen molar-refractivity contribution in [1.82, 2.24) is 14.7 Å². The number of carbonyl (C=O) groups excluding carboxylic acids is 1. The van der Waals surface area contributed by atoms with Crippen LogP contribution in [0.3, 0.4) is 0 Å². The number of fused-ring (bicyclic) bond motifs is 1. The first kappa shape index (κ1) is 15.5. The van der Waals surface area contributed by atoms with E-state index in [9.17, 15) is 13.6 Å². The van der Waals surface area contributed by atoms with Gasteiger partial charge in [-0.3, -0.25) is 9.48 Å². The number of hydrogen-bond donors (Lipinski definition) is 0. The third kappa shape index (κ3) is 3.33. The van der Waals surface area contributed by atoms with E-state index in [1.807, 2.05) is 11.7 Å². The summed E-state index contributed by atoms with van der Waals surface area (Å²) < 4.78 is 33.4. The molecular weight excluding hydrogens is 304 g/mol. The van der Waals surface area contributed by atoms with E-state index < -0.39 is 11.6 Å². The maximum atomic E-state index is 13.5. The summed E-state index contributed by atoms with van der Waals surface area (Å²) >= 11 is 0. The molecule has 0 saturated carbocycles. The highest BCUT2D eigenvalue weighted by Crippen LogP contribution is 2.20. The number of benzene rings is 1. The molecule has 0 atom stereocenters. The molecule has 0 bridgehead atoms. The van der Waals surface area contributed by atoms with Crippen LogP contribution < -0.4 is 4.74 Å². The second kappa shape index (κ2) is 6.36. The molecule has 0 N–H and O–H groups in total. The lowest BCUT2D eigenvalue weighted by Gasteiger charge is -2.20. The van der Waals surface area contributed by atoms with Crippen molar-refractivity contribution in [3.05, 3.63) is 47.3 Å². The van der Waals surface area contributed by atoms with E-state index in [0.29, 0.717) is 13.1 Å². The van der Waals surface area contributed by atoms with E-state index in [-0.39, 0.29) is 18.3 Å². The van der Waals surface area contributed by atoms with Crippen LogP contribution in [0.4, 0.5) is 8.78 Å². The lowest BCUT2D eigenvalue weighted by molar-refractivity contribution is -0.134. The molecule has 0 saturated heterocycles. The fourth-order valence-corrected chi connectivity index (χ4v) is 2.72. The van der Waals surface area contributed by atoms with Gasteiger partial charge in [-0.05, 0) is 25.0 Å². The zero-order valence-electron chi connectivity index (χ0n) is 12.8. The van der Waals surface area contributed by atoms with Gasteiger partial charge in [0.15, 0.2) is 18.2 Å². The molecule has 1 aliphatic heterocycles. The Kier molecular flexibility index (Phi) is 4.27. The fraction of sp³-hybridized carbons (Fsp3) is 0.375. The molecule has 3 rings (SSSR count). The summed E-state index contributed by atoms with van der Waals surface area (Å²) in [6, 6.07) is 3.00. The van der Waals surface area contributed by atoms with Crippen molar-refractivity contribution in [3.63, 3.8) is 0 Å². The van der Waals surface area contributed by atoms with Crippen LogP contribution in [0.25, 0.3) is 0 Å². The number of aryl methyl sites for hydroxylation is 1. The lowest BCUT2D eigenvalue weighted by atomic mass is 10.2. The number of aromatic nitrogens is 2. The molecule has 5 nitrogen and oxygen atoms in total. The normalized spacial score (nSPS) is 14.3. The van der Waals surface area contributed by atoms with Crippen molar-refractivity contribution in [2.45, 2.75) is 19.4 Å². The van der Waals surface area contributed by atoms with Crippen LogP contribution in [0.1, 0.15) is 17.7 Å². The Morgan fingerprint density at radius 2 is 2.22 bits per heavy atom. The molecule has 2 aromatic rings. The van der Waals surface area contributed by atoms with Crippen LogP contribution in [0.2, 0.25) is 0 Å². The van der Waals surface area contributed by atoms with E-state index >= 15 is 0 Å². The van der Waals surface area contributed by atoms with Crippen molar-refractivity contribution >= 4 is 5.91 Å². The monoisotopic (exact) mass is 321 g/mol. The van der Waals surface area contributed by atoms with Crippen molar-refractivity contribution in [1.29, 1.82) is 0 Å². The highest BCUT2D eigenvalue weighted by atomic mass is 19.1. The summed E-state index contributed by atoms with van der Waals surface area (Å²) in [5, 5.41) is 4.21. The maximum Gasteiger partial charge on any atom is 0.260 e. The number of rotatable bonds is 3. The van der Waals surface area contributed by atoms with Gasteiger partial charge in [-0.2, -0.15) is 5.10 Å². The minimum Gasteiger partial charge on any atom is -0.481 e. The summed E-state index contributed by atoms with van der Waals surface area (Å²) in [6.07, 6.45) is 3.47. The third-order valence-corrected chi connectivity index (χ3v) is 3.95. The Morgan fingerprint density at radius 3 is 3.00 bits per heavy atom. The molecule has 0 unspecified atom stereocenters. The van der Waals surface area contributed by atoms with E-state index in [1.54, 1.807) is 11.1 Å². The van der Waals surface area contributed by atoms with E-state index in [0.717, 1.165) is 36.2 Å². The Balaban J connectivity index is 1.64. The Labute approximate surface area is 132 Å². The van der Waals surface area contributed by atoms with Gasteiger partial charge in [0, 0.05) is 37.5 Å². The molecule has 0 radical (unpaired) electrons. The standard InChI is InChI=1S/C16H17F2N3O2/c1-20-14-3-2-6-21(9-11(14)8-19-20)16(22)10-23-15-5-4-12(17)7-13(15)18/h4-5,7-8H,2-3,6,9-10H2,1H3.